The lowest BCUT2D eigenvalue weighted by Gasteiger charge is -2.11. The van der Waals surface area contributed by atoms with E-state index in [0.29, 0.717) is 0 Å². The molecule has 0 N–H and O–H groups in total. The first-order valence-corrected chi connectivity index (χ1v) is 6.64. The highest BCUT2D eigenvalue weighted by Crippen LogP contribution is 2.06. The number of unbranched alkanes of at least 4 members (excludes halogenated alkanes) is 1. The smallest absolute Gasteiger partial charge is 0.211 e. The average Bonchev–Trinajstić information content (AvgIpc) is 2.05. The van der Waals surface area contributed by atoms with E-state index in [1.165, 1.54) is 31.4 Å². The summed E-state index contributed by atoms with van der Waals surface area (Å²) in [6, 6.07) is 2.61. The van der Waals surface area contributed by atoms with Gasteiger partial charge in [0.05, 0.1) is 0 Å². The molecule has 0 aromatic heterocycles. The normalized spacial score (nSPS) is 10.9. The molecular formula is C9H21OSi. The largest absolute Gasteiger partial charge is 0.417 e. The van der Waals surface area contributed by atoms with E-state index in [2.05, 4.69) is 20.8 Å². The van der Waals surface area contributed by atoms with E-state index in [0.717, 1.165) is 6.61 Å². The van der Waals surface area contributed by atoms with Crippen molar-refractivity contribution in [2.45, 2.75) is 52.1 Å². The zero-order valence-corrected chi connectivity index (χ0v) is 9.15. The Labute approximate surface area is 72.9 Å². The Morgan fingerprint density at radius 2 is 1.82 bits per heavy atom. The zero-order valence-electron chi connectivity index (χ0n) is 8.15. The highest BCUT2D eigenvalue weighted by molar-refractivity contribution is 6.51. The molecule has 1 radical (unpaired) electrons. The van der Waals surface area contributed by atoms with Crippen LogP contribution in [0.25, 0.3) is 0 Å². The first-order valence-electron chi connectivity index (χ1n) is 4.82. The Balaban J connectivity index is 3.25. The third kappa shape index (κ3) is 6.57. The second-order valence-electron chi connectivity index (χ2n) is 2.84. The van der Waals surface area contributed by atoms with Crippen LogP contribution in [0.3, 0.4) is 0 Å². The van der Waals surface area contributed by atoms with Crippen molar-refractivity contribution in [2.24, 2.45) is 0 Å². The van der Waals surface area contributed by atoms with Gasteiger partial charge in [-0.3, -0.25) is 0 Å². The molecular weight excluding hydrogens is 152 g/mol. The van der Waals surface area contributed by atoms with Crippen molar-refractivity contribution < 1.29 is 4.43 Å². The van der Waals surface area contributed by atoms with Gasteiger partial charge in [0.1, 0.15) is 0 Å². The average molecular weight is 173 g/mol. The summed E-state index contributed by atoms with van der Waals surface area (Å²) < 4.78 is 5.74. The van der Waals surface area contributed by atoms with Crippen LogP contribution in [0.1, 0.15) is 40.0 Å². The highest BCUT2D eigenvalue weighted by atomic mass is 28.3. The molecule has 67 valence electrons. The summed E-state index contributed by atoms with van der Waals surface area (Å²) in [5, 5.41) is 0. The Morgan fingerprint density at radius 1 is 1.09 bits per heavy atom. The van der Waals surface area contributed by atoms with Gasteiger partial charge in [0.15, 0.2) is 0 Å². The summed E-state index contributed by atoms with van der Waals surface area (Å²) in [6.07, 6.45) is 3.83. The molecule has 0 rings (SSSR count). The van der Waals surface area contributed by atoms with Crippen LogP contribution >= 0.6 is 0 Å². The minimum absolute atomic E-state index is 0.409. The fourth-order valence-electron chi connectivity index (χ4n) is 0.971. The van der Waals surface area contributed by atoms with Gasteiger partial charge in [0.25, 0.3) is 0 Å². The standard InChI is InChI=1S/C9H21OSi/c1-4-7-9-11(6-3)10-8-5-2/h4-9H2,1-3H3. The monoisotopic (exact) mass is 173 g/mol. The lowest BCUT2D eigenvalue weighted by Crippen LogP contribution is -2.16. The lowest BCUT2D eigenvalue weighted by atomic mass is 10.4. The summed E-state index contributed by atoms with van der Waals surface area (Å²) in [6.45, 7) is 7.65. The molecule has 0 heterocycles. The summed E-state index contributed by atoms with van der Waals surface area (Å²) in [5.74, 6) is 0. The summed E-state index contributed by atoms with van der Waals surface area (Å²) in [4.78, 5) is 0. The molecule has 0 aromatic carbocycles. The summed E-state index contributed by atoms with van der Waals surface area (Å²) in [5.41, 5.74) is 0. The van der Waals surface area contributed by atoms with Crippen molar-refractivity contribution in [3.63, 3.8) is 0 Å². The van der Waals surface area contributed by atoms with E-state index in [9.17, 15) is 0 Å². The predicted molar refractivity (Wildman–Crippen MR) is 52.2 cm³/mol. The van der Waals surface area contributed by atoms with Gasteiger partial charge < -0.3 is 4.43 Å². The number of hydrogen-bond donors (Lipinski definition) is 0. The Hall–Kier alpha value is 0.177. The van der Waals surface area contributed by atoms with Gasteiger partial charge in [-0.15, -0.1) is 0 Å². The molecule has 2 heteroatoms. The maximum atomic E-state index is 5.74. The first-order chi connectivity index (χ1) is 5.35. The maximum Gasteiger partial charge on any atom is 0.211 e. The molecule has 0 fully saturated rings. The van der Waals surface area contributed by atoms with Gasteiger partial charge in [-0.2, -0.15) is 0 Å². The second kappa shape index (κ2) is 8.28. The van der Waals surface area contributed by atoms with E-state index in [1.807, 2.05) is 0 Å². The van der Waals surface area contributed by atoms with Crippen molar-refractivity contribution >= 4 is 9.04 Å². The third-order valence-electron chi connectivity index (χ3n) is 1.71. The van der Waals surface area contributed by atoms with Crippen LogP contribution < -0.4 is 0 Å². The fourth-order valence-corrected chi connectivity index (χ4v) is 2.91. The molecule has 0 aromatic rings. The summed E-state index contributed by atoms with van der Waals surface area (Å²) >= 11 is 0. The van der Waals surface area contributed by atoms with E-state index in [-0.39, 0.29) is 0 Å². The molecule has 0 atom stereocenters. The van der Waals surface area contributed by atoms with Crippen molar-refractivity contribution in [3.05, 3.63) is 0 Å². The zero-order chi connectivity index (χ0) is 8.53. The first kappa shape index (κ1) is 11.2. The van der Waals surface area contributed by atoms with E-state index in [1.54, 1.807) is 0 Å². The molecule has 0 saturated heterocycles. The molecule has 1 nitrogen and oxygen atoms in total. The molecule has 0 bridgehead atoms. The SMILES string of the molecule is CCCC[Si](CC)OCCC. The van der Waals surface area contributed by atoms with Crippen molar-refractivity contribution in [3.8, 4) is 0 Å². The number of hydrogen-bond acceptors (Lipinski definition) is 1. The molecule has 0 unspecified atom stereocenters. The van der Waals surface area contributed by atoms with Gasteiger partial charge >= 0.3 is 0 Å². The third-order valence-corrected chi connectivity index (χ3v) is 4.03. The molecule has 11 heavy (non-hydrogen) atoms. The minimum atomic E-state index is -0.409. The molecule has 0 spiro atoms. The van der Waals surface area contributed by atoms with Gasteiger partial charge in [0.2, 0.25) is 9.04 Å². The highest BCUT2D eigenvalue weighted by Gasteiger charge is 2.08. The van der Waals surface area contributed by atoms with Crippen LogP contribution in [-0.4, -0.2) is 15.6 Å². The van der Waals surface area contributed by atoms with Crippen LogP contribution in [0.4, 0.5) is 0 Å². The van der Waals surface area contributed by atoms with Crippen LogP contribution in [0, 0.1) is 0 Å². The van der Waals surface area contributed by atoms with Crippen LogP contribution in [0.15, 0.2) is 0 Å². The molecule has 0 amide bonds. The van der Waals surface area contributed by atoms with Gasteiger partial charge in [0, 0.05) is 6.61 Å². The fraction of sp³-hybridized carbons (Fsp3) is 1.00. The van der Waals surface area contributed by atoms with Crippen LogP contribution in [-0.2, 0) is 4.43 Å². The summed E-state index contributed by atoms with van der Waals surface area (Å²) in [7, 11) is -0.409. The second-order valence-corrected chi connectivity index (χ2v) is 5.42. The number of rotatable bonds is 7. The molecule has 0 aliphatic rings. The maximum absolute atomic E-state index is 5.74. The van der Waals surface area contributed by atoms with Gasteiger partial charge in [-0.25, -0.2) is 0 Å². The Bertz CT molecular complexity index is 68.0. The topological polar surface area (TPSA) is 9.23 Å². The van der Waals surface area contributed by atoms with Crippen molar-refractivity contribution in [2.75, 3.05) is 6.61 Å². The Kier molecular flexibility index (Phi) is 8.41. The lowest BCUT2D eigenvalue weighted by molar-refractivity contribution is 0.317. The van der Waals surface area contributed by atoms with E-state index in [4.69, 9.17) is 4.43 Å². The van der Waals surface area contributed by atoms with Crippen LogP contribution in [0.5, 0.6) is 0 Å². The van der Waals surface area contributed by atoms with Gasteiger partial charge in [-0.1, -0.05) is 33.6 Å². The van der Waals surface area contributed by atoms with E-state index < -0.39 is 9.04 Å². The van der Waals surface area contributed by atoms with Crippen LogP contribution in [0.2, 0.25) is 12.1 Å². The van der Waals surface area contributed by atoms with Crippen molar-refractivity contribution in [1.82, 2.24) is 0 Å². The van der Waals surface area contributed by atoms with Crippen molar-refractivity contribution in [1.29, 1.82) is 0 Å². The molecule has 0 aliphatic heterocycles. The molecule has 0 saturated carbocycles. The van der Waals surface area contributed by atoms with E-state index >= 15 is 0 Å². The van der Waals surface area contributed by atoms with Gasteiger partial charge in [-0.05, 0) is 18.5 Å². The molecule has 0 aliphatic carbocycles. The minimum Gasteiger partial charge on any atom is -0.417 e. The predicted octanol–water partition coefficient (Wildman–Crippen LogP) is 3.22. The Morgan fingerprint density at radius 3 is 2.27 bits per heavy atom. The quantitative estimate of drug-likeness (QED) is 0.537.